The summed E-state index contributed by atoms with van der Waals surface area (Å²) in [5.41, 5.74) is 1.66. The van der Waals surface area contributed by atoms with E-state index >= 15 is 0 Å². The lowest BCUT2D eigenvalue weighted by Crippen LogP contribution is -2.31. The van der Waals surface area contributed by atoms with E-state index in [-0.39, 0.29) is 17.9 Å². The Hall–Kier alpha value is -2.01. The van der Waals surface area contributed by atoms with E-state index in [1.165, 1.54) is 0 Å². The van der Waals surface area contributed by atoms with Crippen LogP contribution < -0.4 is 14.8 Å². The number of carbonyl (C=O) groups is 1. The average molecular weight is 404 g/mol. The van der Waals surface area contributed by atoms with Gasteiger partial charge in [0.1, 0.15) is 0 Å². The van der Waals surface area contributed by atoms with Crippen molar-refractivity contribution in [2.45, 2.75) is 26.3 Å². The zero-order valence-corrected chi connectivity index (χ0v) is 16.0. The smallest absolute Gasteiger partial charge is 0.251 e. The van der Waals surface area contributed by atoms with Crippen LogP contribution in [0.4, 0.5) is 0 Å². The van der Waals surface area contributed by atoms with Gasteiger partial charge in [-0.05, 0) is 47.9 Å². The molecule has 0 saturated carbocycles. The zero-order chi connectivity index (χ0) is 17.8. The molecule has 1 heterocycles. The second kappa shape index (κ2) is 7.91. The largest absolute Gasteiger partial charge is 0.490 e. The Balaban J connectivity index is 1.82. The third kappa shape index (κ3) is 4.34. The Kier molecular flexibility index (Phi) is 5.63. The summed E-state index contributed by atoms with van der Waals surface area (Å²) in [7, 11) is 0. The number of amides is 1. The molecule has 2 aromatic carbocycles. The number of hydrogen-bond donors (Lipinski definition) is 1. The second-order valence-corrected chi connectivity index (χ2v) is 7.37. The molecular formula is C20H22BrNO3. The third-order valence-corrected chi connectivity index (χ3v) is 4.72. The van der Waals surface area contributed by atoms with E-state index < -0.39 is 0 Å². The van der Waals surface area contributed by atoms with Gasteiger partial charge in [-0.3, -0.25) is 4.79 Å². The van der Waals surface area contributed by atoms with Gasteiger partial charge in [-0.25, -0.2) is 0 Å². The maximum absolute atomic E-state index is 12.6. The molecule has 4 nitrogen and oxygen atoms in total. The quantitative estimate of drug-likeness (QED) is 0.801. The average Bonchev–Trinajstić information content (AvgIpc) is 2.84. The Morgan fingerprint density at radius 1 is 1.04 bits per heavy atom. The van der Waals surface area contributed by atoms with Crippen molar-refractivity contribution in [1.29, 1.82) is 0 Å². The van der Waals surface area contributed by atoms with Crippen LogP contribution in [0.1, 0.15) is 42.2 Å². The van der Waals surface area contributed by atoms with Crippen LogP contribution >= 0.6 is 15.9 Å². The highest BCUT2D eigenvalue weighted by atomic mass is 79.9. The fourth-order valence-corrected chi connectivity index (χ4v) is 3.10. The Bertz CT molecular complexity index is 743. The van der Waals surface area contributed by atoms with Crippen LogP contribution in [0, 0.1) is 5.92 Å². The molecule has 2 aromatic rings. The van der Waals surface area contributed by atoms with Crippen molar-refractivity contribution >= 4 is 21.8 Å². The summed E-state index contributed by atoms with van der Waals surface area (Å²) in [5.74, 6) is 1.67. The molecule has 1 amide bonds. The molecule has 0 aliphatic carbocycles. The Morgan fingerprint density at radius 2 is 1.72 bits per heavy atom. The van der Waals surface area contributed by atoms with Gasteiger partial charge in [0.25, 0.3) is 5.91 Å². The minimum atomic E-state index is -0.103. The van der Waals surface area contributed by atoms with Crippen molar-refractivity contribution in [2.75, 3.05) is 13.2 Å². The monoisotopic (exact) mass is 403 g/mol. The van der Waals surface area contributed by atoms with E-state index in [9.17, 15) is 4.79 Å². The second-order valence-electron chi connectivity index (χ2n) is 6.46. The maximum atomic E-state index is 12.6. The molecule has 1 N–H and O–H groups in total. The number of hydrogen-bond acceptors (Lipinski definition) is 3. The maximum Gasteiger partial charge on any atom is 0.251 e. The van der Waals surface area contributed by atoms with Gasteiger partial charge in [-0.15, -0.1) is 0 Å². The van der Waals surface area contributed by atoms with Crippen molar-refractivity contribution in [1.82, 2.24) is 5.32 Å². The summed E-state index contributed by atoms with van der Waals surface area (Å²) < 4.78 is 12.4. The summed E-state index contributed by atoms with van der Waals surface area (Å²) in [4.78, 5) is 12.6. The van der Waals surface area contributed by atoms with Gasteiger partial charge < -0.3 is 14.8 Å². The molecule has 0 bridgehead atoms. The third-order valence-electron chi connectivity index (χ3n) is 4.19. The molecular weight excluding hydrogens is 382 g/mol. The highest BCUT2D eigenvalue weighted by Crippen LogP contribution is 2.34. The topological polar surface area (TPSA) is 47.6 Å². The standard InChI is InChI=1S/C20H22BrNO3/c1-13(2)19(22-20(23)14-4-7-16(21)8-5-14)15-6-9-17-18(12-15)25-11-3-10-24-17/h4-9,12-13,19H,3,10-11H2,1-2H3,(H,22,23)/t19-/m1/s1. The van der Waals surface area contributed by atoms with Crippen LogP contribution in [0.25, 0.3) is 0 Å². The predicted molar refractivity (Wildman–Crippen MR) is 101 cm³/mol. The zero-order valence-electron chi connectivity index (χ0n) is 14.4. The molecule has 5 heteroatoms. The van der Waals surface area contributed by atoms with E-state index in [2.05, 4.69) is 35.1 Å². The van der Waals surface area contributed by atoms with Crippen LogP contribution in [0.15, 0.2) is 46.9 Å². The predicted octanol–water partition coefficient (Wildman–Crippen LogP) is 4.74. The van der Waals surface area contributed by atoms with Gasteiger partial charge in [0.05, 0.1) is 19.3 Å². The number of ether oxygens (including phenoxy) is 2. The van der Waals surface area contributed by atoms with Gasteiger partial charge in [0, 0.05) is 16.5 Å². The first-order valence-electron chi connectivity index (χ1n) is 8.50. The summed E-state index contributed by atoms with van der Waals surface area (Å²) in [6, 6.07) is 13.2. The first-order valence-corrected chi connectivity index (χ1v) is 9.30. The van der Waals surface area contributed by atoms with E-state index in [1.807, 2.05) is 42.5 Å². The minimum Gasteiger partial charge on any atom is -0.490 e. The van der Waals surface area contributed by atoms with Gasteiger partial charge in [-0.2, -0.15) is 0 Å². The van der Waals surface area contributed by atoms with Gasteiger partial charge in [0.2, 0.25) is 0 Å². The van der Waals surface area contributed by atoms with Crippen molar-refractivity contribution in [2.24, 2.45) is 5.92 Å². The van der Waals surface area contributed by atoms with Crippen LogP contribution in [-0.2, 0) is 0 Å². The molecule has 0 unspecified atom stereocenters. The molecule has 132 valence electrons. The van der Waals surface area contributed by atoms with Crippen molar-refractivity contribution in [3.05, 3.63) is 58.1 Å². The first kappa shape index (κ1) is 17.8. The highest BCUT2D eigenvalue weighted by Gasteiger charge is 2.21. The van der Waals surface area contributed by atoms with E-state index in [0.717, 1.165) is 28.0 Å². The van der Waals surface area contributed by atoms with Crippen molar-refractivity contribution in [3.63, 3.8) is 0 Å². The molecule has 0 fully saturated rings. The first-order chi connectivity index (χ1) is 12.0. The van der Waals surface area contributed by atoms with Gasteiger partial charge in [0.15, 0.2) is 11.5 Å². The lowest BCUT2D eigenvalue weighted by atomic mass is 9.95. The van der Waals surface area contributed by atoms with Crippen molar-refractivity contribution < 1.29 is 14.3 Å². The molecule has 1 aliphatic rings. The molecule has 0 saturated heterocycles. The number of halogens is 1. The molecule has 3 rings (SSSR count). The lowest BCUT2D eigenvalue weighted by Gasteiger charge is -2.24. The van der Waals surface area contributed by atoms with E-state index in [4.69, 9.17) is 9.47 Å². The van der Waals surface area contributed by atoms with Gasteiger partial charge in [-0.1, -0.05) is 35.8 Å². The summed E-state index contributed by atoms with van der Waals surface area (Å²) >= 11 is 3.39. The number of carbonyl (C=O) groups excluding carboxylic acids is 1. The molecule has 1 atom stereocenters. The lowest BCUT2D eigenvalue weighted by molar-refractivity contribution is 0.0925. The van der Waals surface area contributed by atoms with Crippen molar-refractivity contribution in [3.8, 4) is 11.5 Å². The molecule has 25 heavy (non-hydrogen) atoms. The summed E-state index contributed by atoms with van der Waals surface area (Å²) in [6.45, 7) is 5.50. The minimum absolute atomic E-state index is 0.0849. The van der Waals surface area contributed by atoms with E-state index in [1.54, 1.807) is 0 Å². The summed E-state index contributed by atoms with van der Waals surface area (Å²) in [5, 5.41) is 3.14. The molecule has 1 aliphatic heterocycles. The highest BCUT2D eigenvalue weighted by molar-refractivity contribution is 9.10. The molecule has 0 aromatic heterocycles. The van der Waals surface area contributed by atoms with Crippen LogP contribution in [-0.4, -0.2) is 19.1 Å². The number of rotatable bonds is 4. The van der Waals surface area contributed by atoms with Crippen LogP contribution in [0.3, 0.4) is 0 Å². The van der Waals surface area contributed by atoms with Crippen LogP contribution in [0.2, 0.25) is 0 Å². The Labute approximate surface area is 156 Å². The Morgan fingerprint density at radius 3 is 2.40 bits per heavy atom. The number of fused-ring (bicyclic) bond motifs is 1. The fraction of sp³-hybridized carbons (Fsp3) is 0.350. The number of nitrogens with one attached hydrogen (secondary N) is 1. The van der Waals surface area contributed by atoms with E-state index in [0.29, 0.717) is 18.8 Å². The normalized spacial score (nSPS) is 14.7. The fourth-order valence-electron chi connectivity index (χ4n) is 2.83. The van der Waals surface area contributed by atoms with Gasteiger partial charge >= 0.3 is 0 Å². The SMILES string of the molecule is CC(C)[C@@H](NC(=O)c1ccc(Br)cc1)c1ccc2c(c1)OCCCO2. The number of benzene rings is 2. The van der Waals surface area contributed by atoms with Crippen LogP contribution in [0.5, 0.6) is 11.5 Å². The molecule has 0 spiro atoms. The molecule has 0 radical (unpaired) electrons. The summed E-state index contributed by atoms with van der Waals surface area (Å²) in [6.07, 6.45) is 0.873.